The molecule has 0 radical (unpaired) electrons. The van der Waals surface area contributed by atoms with Crippen molar-refractivity contribution in [3.05, 3.63) is 64.7 Å². The zero-order valence-corrected chi connectivity index (χ0v) is 10.8. The lowest BCUT2D eigenvalue weighted by molar-refractivity contribution is -0.115. The van der Waals surface area contributed by atoms with Crippen molar-refractivity contribution in [3.63, 3.8) is 0 Å². The molecule has 0 unspecified atom stereocenters. The summed E-state index contributed by atoms with van der Waals surface area (Å²) in [6.45, 7) is 0. The van der Waals surface area contributed by atoms with Gasteiger partial charge in [-0.1, -0.05) is 23.7 Å². The van der Waals surface area contributed by atoms with E-state index in [0.717, 1.165) is 5.56 Å². The molecule has 0 spiro atoms. The number of nitriles is 1. The Morgan fingerprint density at radius 2 is 1.74 bits per heavy atom. The summed E-state index contributed by atoms with van der Waals surface area (Å²) in [6, 6.07) is 15.9. The quantitative estimate of drug-likeness (QED) is 0.929. The second-order valence-corrected chi connectivity index (χ2v) is 4.48. The summed E-state index contributed by atoms with van der Waals surface area (Å²) in [5.41, 5.74) is 2.14. The molecule has 3 nitrogen and oxygen atoms in total. The summed E-state index contributed by atoms with van der Waals surface area (Å²) < 4.78 is 0. The smallest absolute Gasteiger partial charge is 0.228 e. The molecule has 0 aromatic heterocycles. The van der Waals surface area contributed by atoms with Crippen LogP contribution in [-0.4, -0.2) is 5.91 Å². The molecule has 0 fully saturated rings. The highest BCUT2D eigenvalue weighted by atomic mass is 35.5. The third kappa shape index (κ3) is 3.84. The fraction of sp³-hybridized carbons (Fsp3) is 0.0667. The van der Waals surface area contributed by atoms with E-state index in [2.05, 4.69) is 5.32 Å². The first kappa shape index (κ1) is 13.1. The Labute approximate surface area is 116 Å². The number of nitrogens with zero attached hydrogens (tertiary/aromatic N) is 1. The van der Waals surface area contributed by atoms with Gasteiger partial charge < -0.3 is 5.32 Å². The second kappa shape index (κ2) is 6.03. The van der Waals surface area contributed by atoms with Crippen molar-refractivity contribution in [2.24, 2.45) is 0 Å². The molecule has 2 aromatic rings. The molecule has 0 aliphatic heterocycles. The Morgan fingerprint density at radius 3 is 2.32 bits per heavy atom. The van der Waals surface area contributed by atoms with Crippen molar-refractivity contribution in [2.75, 3.05) is 5.32 Å². The molecule has 2 aromatic carbocycles. The number of amides is 1. The minimum absolute atomic E-state index is 0.105. The van der Waals surface area contributed by atoms with Crippen LogP contribution in [0, 0.1) is 11.3 Å². The topological polar surface area (TPSA) is 52.9 Å². The minimum atomic E-state index is -0.105. The van der Waals surface area contributed by atoms with E-state index >= 15 is 0 Å². The average Bonchev–Trinajstić information content (AvgIpc) is 2.42. The van der Waals surface area contributed by atoms with E-state index in [1.165, 1.54) is 0 Å². The molecular weight excluding hydrogens is 260 g/mol. The summed E-state index contributed by atoms with van der Waals surface area (Å²) in [5, 5.41) is 12.1. The first-order valence-electron chi connectivity index (χ1n) is 5.72. The predicted molar refractivity (Wildman–Crippen MR) is 74.9 cm³/mol. The molecule has 0 atom stereocenters. The number of hydrogen-bond acceptors (Lipinski definition) is 2. The Balaban J connectivity index is 1.97. The number of carbonyl (C=O) groups is 1. The highest BCUT2D eigenvalue weighted by molar-refractivity contribution is 6.30. The summed E-state index contributed by atoms with van der Waals surface area (Å²) in [7, 11) is 0. The van der Waals surface area contributed by atoms with Gasteiger partial charge in [0, 0.05) is 10.7 Å². The maximum atomic E-state index is 11.8. The van der Waals surface area contributed by atoms with Crippen molar-refractivity contribution < 1.29 is 4.79 Å². The van der Waals surface area contributed by atoms with Gasteiger partial charge in [0.05, 0.1) is 18.1 Å². The van der Waals surface area contributed by atoms with Crippen LogP contribution in [0.1, 0.15) is 11.1 Å². The molecule has 19 heavy (non-hydrogen) atoms. The predicted octanol–water partition coefficient (Wildman–Crippen LogP) is 3.39. The van der Waals surface area contributed by atoms with Gasteiger partial charge in [-0.15, -0.1) is 0 Å². The molecular formula is C15H11ClN2O. The maximum Gasteiger partial charge on any atom is 0.228 e. The maximum absolute atomic E-state index is 11.8. The highest BCUT2D eigenvalue weighted by Gasteiger charge is 2.04. The zero-order chi connectivity index (χ0) is 13.7. The molecule has 2 rings (SSSR count). The van der Waals surface area contributed by atoms with E-state index in [9.17, 15) is 4.79 Å². The lowest BCUT2D eigenvalue weighted by Gasteiger charge is -2.05. The summed E-state index contributed by atoms with van der Waals surface area (Å²) in [5.74, 6) is -0.105. The van der Waals surface area contributed by atoms with Crippen molar-refractivity contribution >= 4 is 23.2 Å². The van der Waals surface area contributed by atoms with Gasteiger partial charge in [-0.3, -0.25) is 4.79 Å². The van der Waals surface area contributed by atoms with E-state index in [-0.39, 0.29) is 12.3 Å². The number of hydrogen-bond donors (Lipinski definition) is 1. The molecule has 0 heterocycles. The summed E-state index contributed by atoms with van der Waals surface area (Å²) in [4.78, 5) is 11.8. The van der Waals surface area contributed by atoms with Gasteiger partial charge in [0.15, 0.2) is 0 Å². The standard InChI is InChI=1S/C15H11ClN2O/c16-13-5-1-11(2-6-13)9-15(19)18-14-7-3-12(10-17)4-8-14/h1-8H,9H2,(H,18,19). The molecule has 0 saturated heterocycles. The van der Waals surface area contributed by atoms with E-state index in [0.29, 0.717) is 16.3 Å². The minimum Gasteiger partial charge on any atom is -0.326 e. The van der Waals surface area contributed by atoms with Crippen LogP contribution in [0.15, 0.2) is 48.5 Å². The third-order valence-electron chi connectivity index (χ3n) is 2.58. The number of anilines is 1. The van der Waals surface area contributed by atoms with Crippen LogP contribution >= 0.6 is 11.6 Å². The molecule has 0 saturated carbocycles. The summed E-state index contributed by atoms with van der Waals surface area (Å²) in [6.07, 6.45) is 0.289. The molecule has 94 valence electrons. The van der Waals surface area contributed by atoms with Gasteiger partial charge >= 0.3 is 0 Å². The van der Waals surface area contributed by atoms with E-state index in [1.807, 2.05) is 18.2 Å². The van der Waals surface area contributed by atoms with Gasteiger partial charge in [0.1, 0.15) is 0 Å². The number of nitrogens with one attached hydrogen (secondary N) is 1. The molecule has 0 aliphatic carbocycles. The van der Waals surface area contributed by atoms with Crippen molar-refractivity contribution in [2.45, 2.75) is 6.42 Å². The lowest BCUT2D eigenvalue weighted by Crippen LogP contribution is -2.14. The normalized spacial score (nSPS) is 9.68. The average molecular weight is 271 g/mol. The van der Waals surface area contributed by atoms with Crippen LogP contribution in [0.25, 0.3) is 0 Å². The molecule has 0 bridgehead atoms. The monoisotopic (exact) mass is 270 g/mol. The number of benzene rings is 2. The fourth-order valence-corrected chi connectivity index (χ4v) is 1.75. The van der Waals surface area contributed by atoms with E-state index < -0.39 is 0 Å². The fourth-order valence-electron chi connectivity index (χ4n) is 1.62. The van der Waals surface area contributed by atoms with E-state index in [4.69, 9.17) is 16.9 Å². The van der Waals surface area contributed by atoms with Gasteiger partial charge in [-0.05, 0) is 42.0 Å². The van der Waals surface area contributed by atoms with Crippen molar-refractivity contribution in [1.82, 2.24) is 0 Å². The Kier molecular flexibility index (Phi) is 4.17. The molecule has 1 N–H and O–H groups in total. The molecule has 1 amide bonds. The zero-order valence-electron chi connectivity index (χ0n) is 10.1. The van der Waals surface area contributed by atoms with Crippen molar-refractivity contribution in [1.29, 1.82) is 5.26 Å². The number of carbonyl (C=O) groups excluding carboxylic acids is 1. The molecule has 4 heteroatoms. The van der Waals surface area contributed by atoms with Gasteiger partial charge in [-0.25, -0.2) is 0 Å². The van der Waals surface area contributed by atoms with E-state index in [1.54, 1.807) is 36.4 Å². The Morgan fingerprint density at radius 1 is 1.11 bits per heavy atom. The highest BCUT2D eigenvalue weighted by Crippen LogP contribution is 2.12. The van der Waals surface area contributed by atoms with Crippen LogP contribution in [0.3, 0.4) is 0 Å². The second-order valence-electron chi connectivity index (χ2n) is 4.04. The largest absolute Gasteiger partial charge is 0.326 e. The molecule has 0 aliphatic rings. The van der Waals surface area contributed by atoms with Crippen LogP contribution in [0.5, 0.6) is 0 Å². The first-order valence-corrected chi connectivity index (χ1v) is 6.09. The van der Waals surface area contributed by atoms with Crippen LogP contribution in [0.4, 0.5) is 5.69 Å². The van der Waals surface area contributed by atoms with Crippen molar-refractivity contribution in [3.8, 4) is 6.07 Å². The number of rotatable bonds is 3. The SMILES string of the molecule is N#Cc1ccc(NC(=O)Cc2ccc(Cl)cc2)cc1. The number of halogens is 1. The Hall–Kier alpha value is -2.31. The Bertz CT molecular complexity index is 612. The van der Waals surface area contributed by atoms with Crippen LogP contribution < -0.4 is 5.32 Å². The van der Waals surface area contributed by atoms with Gasteiger partial charge in [-0.2, -0.15) is 5.26 Å². The van der Waals surface area contributed by atoms with Gasteiger partial charge in [0.25, 0.3) is 0 Å². The van der Waals surface area contributed by atoms with Crippen LogP contribution in [0.2, 0.25) is 5.02 Å². The van der Waals surface area contributed by atoms with Gasteiger partial charge in [0.2, 0.25) is 5.91 Å². The third-order valence-corrected chi connectivity index (χ3v) is 2.83. The van der Waals surface area contributed by atoms with Crippen LogP contribution in [-0.2, 0) is 11.2 Å². The lowest BCUT2D eigenvalue weighted by atomic mass is 10.1. The summed E-state index contributed by atoms with van der Waals surface area (Å²) >= 11 is 5.78. The first-order chi connectivity index (χ1) is 9.17.